The Labute approximate surface area is 129 Å². The molecule has 1 amide bonds. The van der Waals surface area contributed by atoms with E-state index in [1.54, 1.807) is 0 Å². The molecule has 5 nitrogen and oxygen atoms in total. The van der Waals surface area contributed by atoms with Gasteiger partial charge in [-0.2, -0.15) is 11.8 Å². The molecule has 0 aromatic heterocycles. The number of hydrogen-bond acceptors (Lipinski definition) is 5. The molecule has 0 aliphatic carbocycles. The SMILES string of the molecule is CCc1ccc(NC(=O)CSCCC(N)C(=O)OC)cc1. The number of carbonyl (C=O) groups excluding carboxylic acids is 2. The summed E-state index contributed by atoms with van der Waals surface area (Å²) >= 11 is 1.44. The number of nitrogens with two attached hydrogens (primary N) is 1. The fraction of sp³-hybridized carbons (Fsp3) is 0.467. The quantitative estimate of drug-likeness (QED) is 0.565. The van der Waals surface area contributed by atoms with E-state index in [9.17, 15) is 9.59 Å². The van der Waals surface area contributed by atoms with Crippen molar-refractivity contribution in [2.24, 2.45) is 5.73 Å². The van der Waals surface area contributed by atoms with Crippen LogP contribution in [0.3, 0.4) is 0 Å². The van der Waals surface area contributed by atoms with E-state index in [-0.39, 0.29) is 5.91 Å². The molecule has 0 bridgehead atoms. The molecule has 1 atom stereocenters. The van der Waals surface area contributed by atoms with Gasteiger partial charge in [0, 0.05) is 5.69 Å². The van der Waals surface area contributed by atoms with Crippen molar-refractivity contribution in [2.45, 2.75) is 25.8 Å². The van der Waals surface area contributed by atoms with Gasteiger partial charge in [-0.1, -0.05) is 19.1 Å². The molecule has 116 valence electrons. The van der Waals surface area contributed by atoms with Gasteiger partial charge in [-0.15, -0.1) is 0 Å². The fourth-order valence-corrected chi connectivity index (χ4v) is 2.49. The van der Waals surface area contributed by atoms with Gasteiger partial charge in [0.2, 0.25) is 5.91 Å². The van der Waals surface area contributed by atoms with Crippen LogP contribution in [-0.2, 0) is 20.7 Å². The summed E-state index contributed by atoms with van der Waals surface area (Å²) in [5.74, 6) is 0.494. The number of thioether (sulfide) groups is 1. The molecule has 0 fully saturated rings. The third-order valence-electron chi connectivity index (χ3n) is 2.96. The van der Waals surface area contributed by atoms with E-state index in [0.717, 1.165) is 12.1 Å². The van der Waals surface area contributed by atoms with E-state index in [1.807, 2.05) is 24.3 Å². The molecule has 0 aliphatic rings. The number of aryl methyl sites for hydroxylation is 1. The van der Waals surface area contributed by atoms with Gasteiger partial charge in [0.15, 0.2) is 0 Å². The minimum atomic E-state index is -0.618. The number of benzene rings is 1. The van der Waals surface area contributed by atoms with Crippen molar-refractivity contribution in [2.75, 3.05) is 23.9 Å². The second-order valence-corrected chi connectivity index (χ2v) is 5.67. The molecule has 0 aliphatic heterocycles. The molecular formula is C15H22N2O3S. The van der Waals surface area contributed by atoms with Crippen LogP contribution >= 0.6 is 11.8 Å². The van der Waals surface area contributed by atoms with E-state index in [0.29, 0.717) is 17.9 Å². The van der Waals surface area contributed by atoms with Crippen molar-refractivity contribution >= 4 is 29.3 Å². The zero-order valence-corrected chi connectivity index (χ0v) is 13.2. The fourth-order valence-electron chi connectivity index (χ4n) is 1.67. The molecule has 1 unspecified atom stereocenters. The van der Waals surface area contributed by atoms with Crippen molar-refractivity contribution in [1.29, 1.82) is 0 Å². The molecule has 6 heteroatoms. The number of rotatable bonds is 8. The van der Waals surface area contributed by atoms with Gasteiger partial charge in [0.25, 0.3) is 0 Å². The van der Waals surface area contributed by atoms with Crippen molar-refractivity contribution in [3.8, 4) is 0 Å². The van der Waals surface area contributed by atoms with E-state index in [2.05, 4.69) is 17.0 Å². The lowest BCUT2D eigenvalue weighted by Gasteiger charge is -2.09. The first kappa shape index (κ1) is 17.5. The predicted octanol–water partition coefficient (Wildman–Crippen LogP) is 1.81. The monoisotopic (exact) mass is 310 g/mol. The Hall–Kier alpha value is -1.53. The third kappa shape index (κ3) is 6.64. The van der Waals surface area contributed by atoms with Gasteiger partial charge < -0.3 is 15.8 Å². The molecule has 1 aromatic carbocycles. The Morgan fingerprint density at radius 1 is 1.33 bits per heavy atom. The zero-order chi connectivity index (χ0) is 15.7. The Bertz CT molecular complexity index is 462. The number of carbonyl (C=O) groups is 2. The first-order chi connectivity index (χ1) is 10.1. The summed E-state index contributed by atoms with van der Waals surface area (Å²) in [4.78, 5) is 22.8. The summed E-state index contributed by atoms with van der Waals surface area (Å²) in [7, 11) is 1.31. The molecule has 1 rings (SSSR count). The highest BCUT2D eigenvalue weighted by atomic mass is 32.2. The molecule has 0 saturated heterocycles. The molecule has 0 radical (unpaired) electrons. The number of ether oxygens (including phenoxy) is 1. The number of hydrogen-bond donors (Lipinski definition) is 2. The Morgan fingerprint density at radius 3 is 2.57 bits per heavy atom. The van der Waals surface area contributed by atoms with E-state index in [4.69, 9.17) is 5.73 Å². The molecular weight excluding hydrogens is 288 g/mol. The lowest BCUT2D eigenvalue weighted by atomic mass is 10.1. The maximum atomic E-state index is 11.7. The maximum absolute atomic E-state index is 11.7. The summed E-state index contributed by atoms with van der Waals surface area (Å²) in [6.45, 7) is 2.09. The van der Waals surface area contributed by atoms with Crippen molar-refractivity contribution < 1.29 is 14.3 Å². The van der Waals surface area contributed by atoms with E-state index >= 15 is 0 Å². The van der Waals surface area contributed by atoms with Crippen LogP contribution in [0.15, 0.2) is 24.3 Å². The van der Waals surface area contributed by atoms with E-state index in [1.165, 1.54) is 24.4 Å². The standard InChI is InChI=1S/C15H22N2O3S/c1-3-11-4-6-12(7-5-11)17-14(18)10-21-9-8-13(16)15(19)20-2/h4-7,13H,3,8-10,16H2,1-2H3,(H,17,18). The van der Waals surface area contributed by atoms with Crippen LogP contribution in [0.25, 0.3) is 0 Å². The minimum absolute atomic E-state index is 0.0594. The molecule has 1 aromatic rings. The number of anilines is 1. The molecule has 21 heavy (non-hydrogen) atoms. The van der Waals surface area contributed by atoms with Crippen LogP contribution < -0.4 is 11.1 Å². The molecule has 0 saturated carbocycles. The van der Waals surface area contributed by atoms with E-state index < -0.39 is 12.0 Å². The van der Waals surface area contributed by atoms with Crippen LogP contribution in [0, 0.1) is 0 Å². The van der Waals surface area contributed by atoms with Crippen LogP contribution in [0.2, 0.25) is 0 Å². The lowest BCUT2D eigenvalue weighted by molar-refractivity contribution is -0.142. The van der Waals surface area contributed by atoms with Gasteiger partial charge in [-0.3, -0.25) is 9.59 Å². The second-order valence-electron chi connectivity index (χ2n) is 4.57. The van der Waals surface area contributed by atoms with Crippen LogP contribution in [-0.4, -0.2) is 36.5 Å². The summed E-state index contributed by atoms with van der Waals surface area (Å²) in [6, 6.07) is 7.17. The Balaban J connectivity index is 2.23. The third-order valence-corrected chi connectivity index (χ3v) is 3.95. The first-order valence-electron chi connectivity index (χ1n) is 6.86. The number of amides is 1. The van der Waals surface area contributed by atoms with Crippen LogP contribution in [0.4, 0.5) is 5.69 Å². The van der Waals surface area contributed by atoms with Crippen molar-refractivity contribution in [1.82, 2.24) is 0 Å². The van der Waals surface area contributed by atoms with Crippen LogP contribution in [0.1, 0.15) is 18.9 Å². The van der Waals surface area contributed by atoms with Gasteiger partial charge in [0.1, 0.15) is 6.04 Å². The van der Waals surface area contributed by atoms with Gasteiger partial charge >= 0.3 is 5.97 Å². The molecule has 0 heterocycles. The summed E-state index contributed by atoms with van der Waals surface area (Å²) < 4.78 is 4.54. The average Bonchev–Trinajstić information content (AvgIpc) is 2.51. The number of esters is 1. The minimum Gasteiger partial charge on any atom is -0.468 e. The summed E-state index contributed by atoms with van der Waals surface area (Å²) in [6.07, 6.45) is 1.47. The predicted molar refractivity (Wildman–Crippen MR) is 86.4 cm³/mol. The van der Waals surface area contributed by atoms with Gasteiger partial charge in [-0.05, 0) is 36.3 Å². The average molecular weight is 310 g/mol. The smallest absolute Gasteiger partial charge is 0.322 e. The Morgan fingerprint density at radius 2 is 2.00 bits per heavy atom. The van der Waals surface area contributed by atoms with Gasteiger partial charge in [-0.25, -0.2) is 0 Å². The largest absolute Gasteiger partial charge is 0.468 e. The second kappa shape index (κ2) is 9.41. The maximum Gasteiger partial charge on any atom is 0.322 e. The van der Waals surface area contributed by atoms with Crippen molar-refractivity contribution in [3.05, 3.63) is 29.8 Å². The van der Waals surface area contributed by atoms with Crippen LogP contribution in [0.5, 0.6) is 0 Å². The van der Waals surface area contributed by atoms with Crippen molar-refractivity contribution in [3.63, 3.8) is 0 Å². The Kier molecular flexibility index (Phi) is 7.85. The number of methoxy groups -OCH3 is 1. The topological polar surface area (TPSA) is 81.4 Å². The first-order valence-corrected chi connectivity index (χ1v) is 8.02. The normalized spacial score (nSPS) is 11.8. The highest BCUT2D eigenvalue weighted by molar-refractivity contribution is 7.99. The zero-order valence-electron chi connectivity index (χ0n) is 12.4. The summed E-state index contributed by atoms with van der Waals surface area (Å²) in [5.41, 5.74) is 7.64. The molecule has 0 spiro atoms. The highest BCUT2D eigenvalue weighted by Gasteiger charge is 2.13. The van der Waals surface area contributed by atoms with Gasteiger partial charge in [0.05, 0.1) is 12.9 Å². The molecule has 3 N–H and O–H groups in total. The number of nitrogens with one attached hydrogen (secondary N) is 1. The highest BCUT2D eigenvalue weighted by Crippen LogP contribution is 2.11. The summed E-state index contributed by atoms with van der Waals surface area (Å²) in [5, 5.41) is 2.83. The lowest BCUT2D eigenvalue weighted by Crippen LogP contribution is -2.32.